The molecule has 25 heavy (non-hydrogen) atoms. The first-order valence-electron chi connectivity index (χ1n) is 8.26. The quantitative estimate of drug-likeness (QED) is 0.732. The standard InChI is InChI=1S/C17H24N2O5S/c1-24-14-17(21)19-10-5-9-18(11-12-19)16(20)8-13-25(22,23)15-6-3-2-4-7-15/h2-4,6-7H,5,8-14H2,1H3. The smallest absolute Gasteiger partial charge is 0.248 e. The van der Waals surface area contributed by atoms with Crippen molar-refractivity contribution >= 4 is 21.7 Å². The minimum Gasteiger partial charge on any atom is -0.375 e. The number of hydrogen-bond acceptors (Lipinski definition) is 5. The minimum atomic E-state index is -3.46. The summed E-state index contributed by atoms with van der Waals surface area (Å²) in [5.74, 6) is -0.498. The topological polar surface area (TPSA) is 84.0 Å². The molecule has 0 saturated carbocycles. The molecule has 1 heterocycles. The van der Waals surface area contributed by atoms with Crippen LogP contribution < -0.4 is 0 Å². The number of carbonyl (C=O) groups excluding carboxylic acids is 2. The number of amides is 2. The third kappa shape index (κ3) is 5.54. The Kier molecular flexibility index (Phi) is 6.95. The molecule has 2 rings (SSSR count). The molecule has 0 atom stereocenters. The number of methoxy groups -OCH3 is 1. The third-order valence-electron chi connectivity index (χ3n) is 4.16. The highest BCUT2D eigenvalue weighted by Gasteiger charge is 2.23. The lowest BCUT2D eigenvalue weighted by Crippen LogP contribution is -2.39. The largest absolute Gasteiger partial charge is 0.375 e. The van der Waals surface area contributed by atoms with Gasteiger partial charge in [-0.15, -0.1) is 0 Å². The van der Waals surface area contributed by atoms with E-state index in [9.17, 15) is 18.0 Å². The monoisotopic (exact) mass is 368 g/mol. The highest BCUT2D eigenvalue weighted by molar-refractivity contribution is 7.91. The molecule has 1 fully saturated rings. The van der Waals surface area contributed by atoms with E-state index >= 15 is 0 Å². The average Bonchev–Trinajstić information content (AvgIpc) is 2.87. The van der Waals surface area contributed by atoms with Gasteiger partial charge in [-0.25, -0.2) is 8.42 Å². The summed E-state index contributed by atoms with van der Waals surface area (Å²) >= 11 is 0. The molecule has 0 radical (unpaired) electrons. The Labute approximate surface area is 148 Å². The number of benzene rings is 1. The molecule has 1 saturated heterocycles. The molecule has 0 unspecified atom stereocenters. The zero-order chi connectivity index (χ0) is 18.3. The lowest BCUT2D eigenvalue weighted by atomic mass is 10.3. The van der Waals surface area contributed by atoms with Crippen molar-refractivity contribution in [1.29, 1.82) is 0 Å². The molecule has 1 aliphatic heterocycles. The van der Waals surface area contributed by atoms with E-state index in [-0.39, 0.29) is 35.5 Å². The van der Waals surface area contributed by atoms with Crippen molar-refractivity contribution in [2.75, 3.05) is 45.6 Å². The summed E-state index contributed by atoms with van der Waals surface area (Å²) in [5.41, 5.74) is 0. The second kappa shape index (κ2) is 8.96. The molecule has 7 nitrogen and oxygen atoms in total. The zero-order valence-electron chi connectivity index (χ0n) is 14.4. The Bertz CT molecular complexity index is 690. The summed E-state index contributed by atoms with van der Waals surface area (Å²) in [5, 5.41) is 0. The van der Waals surface area contributed by atoms with E-state index in [1.54, 1.807) is 28.0 Å². The normalized spacial score (nSPS) is 15.7. The van der Waals surface area contributed by atoms with E-state index in [0.717, 1.165) is 0 Å². The van der Waals surface area contributed by atoms with Gasteiger partial charge in [0.15, 0.2) is 9.84 Å². The number of hydrogen-bond donors (Lipinski definition) is 0. The molecular weight excluding hydrogens is 344 g/mol. The van der Waals surface area contributed by atoms with Crippen molar-refractivity contribution in [3.8, 4) is 0 Å². The molecule has 0 aromatic heterocycles. The molecule has 0 N–H and O–H groups in total. The van der Waals surface area contributed by atoms with Crippen LogP contribution in [0, 0.1) is 0 Å². The van der Waals surface area contributed by atoms with Crippen LogP contribution in [0.3, 0.4) is 0 Å². The number of rotatable bonds is 6. The molecule has 138 valence electrons. The lowest BCUT2D eigenvalue weighted by molar-refractivity contribution is -0.136. The van der Waals surface area contributed by atoms with E-state index in [1.807, 2.05) is 0 Å². The lowest BCUT2D eigenvalue weighted by Gasteiger charge is -2.22. The van der Waals surface area contributed by atoms with Crippen LogP contribution in [-0.2, 0) is 24.2 Å². The van der Waals surface area contributed by atoms with Crippen LogP contribution >= 0.6 is 0 Å². The second-order valence-corrected chi connectivity index (χ2v) is 8.04. The first-order valence-corrected chi connectivity index (χ1v) is 9.91. The van der Waals surface area contributed by atoms with Crippen molar-refractivity contribution in [1.82, 2.24) is 9.80 Å². The van der Waals surface area contributed by atoms with Gasteiger partial charge in [0.05, 0.1) is 10.6 Å². The Balaban J connectivity index is 1.88. The number of sulfone groups is 1. The molecule has 0 spiro atoms. The Hall–Kier alpha value is -1.93. The Morgan fingerprint density at radius 1 is 1.00 bits per heavy atom. The van der Waals surface area contributed by atoms with Crippen molar-refractivity contribution in [2.45, 2.75) is 17.7 Å². The van der Waals surface area contributed by atoms with E-state index in [0.29, 0.717) is 32.6 Å². The first kappa shape index (κ1) is 19.4. The fourth-order valence-corrected chi connectivity index (χ4v) is 4.01. The van der Waals surface area contributed by atoms with Gasteiger partial charge in [0, 0.05) is 39.7 Å². The summed E-state index contributed by atoms with van der Waals surface area (Å²) in [6.07, 6.45) is 0.621. The van der Waals surface area contributed by atoms with E-state index in [4.69, 9.17) is 4.74 Å². The highest BCUT2D eigenvalue weighted by atomic mass is 32.2. The van der Waals surface area contributed by atoms with Gasteiger partial charge in [0.2, 0.25) is 11.8 Å². The van der Waals surface area contributed by atoms with Crippen LogP contribution in [0.5, 0.6) is 0 Å². The molecule has 0 bridgehead atoms. The average molecular weight is 368 g/mol. The molecule has 1 aromatic carbocycles. The van der Waals surface area contributed by atoms with Crippen molar-refractivity contribution in [3.05, 3.63) is 30.3 Å². The molecule has 2 amide bonds. The predicted octanol–water partition coefficient (Wildman–Crippen LogP) is 0.558. The van der Waals surface area contributed by atoms with Crippen LogP contribution in [0.2, 0.25) is 0 Å². The molecule has 8 heteroatoms. The molecule has 1 aliphatic rings. The van der Waals surface area contributed by atoms with Gasteiger partial charge in [-0.05, 0) is 18.6 Å². The van der Waals surface area contributed by atoms with Crippen molar-refractivity contribution in [3.63, 3.8) is 0 Å². The van der Waals surface area contributed by atoms with Crippen LogP contribution in [-0.4, -0.2) is 75.7 Å². The minimum absolute atomic E-state index is 0.0310. The SMILES string of the molecule is COCC(=O)N1CCCN(C(=O)CCS(=O)(=O)c2ccccc2)CC1. The maximum Gasteiger partial charge on any atom is 0.248 e. The molecule has 1 aromatic rings. The zero-order valence-corrected chi connectivity index (χ0v) is 15.2. The summed E-state index contributed by atoms with van der Waals surface area (Å²) in [6, 6.07) is 8.14. The number of nitrogens with zero attached hydrogens (tertiary/aromatic N) is 2. The van der Waals surface area contributed by atoms with Gasteiger partial charge in [0.25, 0.3) is 0 Å². The van der Waals surface area contributed by atoms with Crippen LogP contribution in [0.1, 0.15) is 12.8 Å². The van der Waals surface area contributed by atoms with Gasteiger partial charge < -0.3 is 14.5 Å². The van der Waals surface area contributed by atoms with Crippen molar-refractivity contribution in [2.24, 2.45) is 0 Å². The first-order chi connectivity index (χ1) is 11.9. The predicted molar refractivity (Wildman–Crippen MR) is 92.8 cm³/mol. The third-order valence-corrected chi connectivity index (χ3v) is 5.89. The Morgan fingerprint density at radius 3 is 2.20 bits per heavy atom. The summed E-state index contributed by atoms with van der Waals surface area (Å²) < 4.78 is 29.4. The summed E-state index contributed by atoms with van der Waals surface area (Å²) in [4.78, 5) is 27.8. The second-order valence-electron chi connectivity index (χ2n) is 5.93. The number of ether oxygens (including phenoxy) is 1. The van der Waals surface area contributed by atoms with Gasteiger partial charge in [-0.3, -0.25) is 9.59 Å². The van der Waals surface area contributed by atoms with Crippen LogP contribution in [0.4, 0.5) is 0 Å². The van der Waals surface area contributed by atoms with Crippen LogP contribution in [0.15, 0.2) is 35.2 Å². The maximum absolute atomic E-state index is 12.4. The summed E-state index contributed by atoms with van der Waals surface area (Å²) in [7, 11) is -1.99. The number of carbonyl (C=O) groups is 2. The van der Waals surface area contributed by atoms with Crippen molar-refractivity contribution < 1.29 is 22.7 Å². The fraction of sp³-hybridized carbons (Fsp3) is 0.529. The van der Waals surface area contributed by atoms with Gasteiger partial charge in [-0.2, -0.15) is 0 Å². The maximum atomic E-state index is 12.4. The highest BCUT2D eigenvalue weighted by Crippen LogP contribution is 2.13. The van der Waals surface area contributed by atoms with E-state index in [2.05, 4.69) is 0 Å². The van der Waals surface area contributed by atoms with Gasteiger partial charge in [0.1, 0.15) is 6.61 Å². The van der Waals surface area contributed by atoms with E-state index < -0.39 is 9.84 Å². The Morgan fingerprint density at radius 2 is 1.60 bits per heavy atom. The van der Waals surface area contributed by atoms with Crippen LogP contribution in [0.25, 0.3) is 0 Å². The summed E-state index contributed by atoms with van der Waals surface area (Å²) in [6.45, 7) is 2.00. The fourth-order valence-electron chi connectivity index (χ4n) is 2.76. The molecule has 0 aliphatic carbocycles. The van der Waals surface area contributed by atoms with E-state index in [1.165, 1.54) is 19.2 Å². The van der Waals surface area contributed by atoms with Gasteiger partial charge in [-0.1, -0.05) is 18.2 Å². The molecular formula is C17H24N2O5S. The van der Waals surface area contributed by atoms with Gasteiger partial charge >= 0.3 is 0 Å².